The summed E-state index contributed by atoms with van der Waals surface area (Å²) in [7, 11) is 1.53. The van der Waals surface area contributed by atoms with Gasteiger partial charge in [0, 0.05) is 30.1 Å². The molecule has 3 rings (SSSR count). The molecule has 8 heteroatoms. The maximum absolute atomic E-state index is 11.1. The Morgan fingerprint density at radius 1 is 1.30 bits per heavy atom. The van der Waals surface area contributed by atoms with Crippen LogP contribution in [-0.2, 0) is 11.3 Å². The van der Waals surface area contributed by atoms with E-state index < -0.39 is 17.4 Å². The molecule has 1 saturated heterocycles. The number of aliphatic hydroxyl groups is 1. The zero-order valence-corrected chi connectivity index (χ0v) is 19.1. The lowest BCUT2D eigenvalue weighted by atomic mass is 9.82. The molecular weight excluding hydrogens is 424 g/mol. The third kappa shape index (κ3) is 5.34. The standard InChI is InChI=1S/C22H29ClN2O4S/c1-22(2)21(16-5-4-6-17(23)13-16)11-12-25(22)14-19(26)15-29-20-9-7-18(8-10-20)24(3)30(27)28/h4-10,13,19,21,26H,11-12,14-15H2,1-3H3,(H,27,28). The number of aliphatic hydroxyl groups excluding tert-OH is 1. The molecule has 1 fully saturated rings. The number of anilines is 1. The van der Waals surface area contributed by atoms with Crippen LogP contribution in [0.15, 0.2) is 48.5 Å². The first-order valence-electron chi connectivity index (χ1n) is 9.94. The van der Waals surface area contributed by atoms with Crippen LogP contribution >= 0.6 is 11.6 Å². The van der Waals surface area contributed by atoms with Crippen molar-refractivity contribution in [2.24, 2.45) is 0 Å². The number of ether oxygens (including phenoxy) is 1. The van der Waals surface area contributed by atoms with E-state index in [1.807, 2.05) is 18.2 Å². The Kier molecular flexibility index (Phi) is 7.42. The molecule has 0 spiro atoms. The molecule has 1 aliphatic heterocycles. The molecule has 0 radical (unpaired) electrons. The van der Waals surface area contributed by atoms with E-state index in [-0.39, 0.29) is 12.1 Å². The average molecular weight is 453 g/mol. The van der Waals surface area contributed by atoms with Crippen LogP contribution in [0.2, 0.25) is 5.02 Å². The van der Waals surface area contributed by atoms with E-state index in [1.165, 1.54) is 16.9 Å². The second-order valence-electron chi connectivity index (χ2n) is 8.18. The van der Waals surface area contributed by atoms with Crippen molar-refractivity contribution >= 4 is 28.6 Å². The lowest BCUT2D eigenvalue weighted by Crippen LogP contribution is -2.46. The summed E-state index contributed by atoms with van der Waals surface area (Å²) < 4.78 is 27.2. The maximum Gasteiger partial charge on any atom is 0.261 e. The first-order chi connectivity index (χ1) is 14.2. The number of benzene rings is 2. The zero-order chi connectivity index (χ0) is 21.9. The van der Waals surface area contributed by atoms with Crippen LogP contribution in [0.5, 0.6) is 5.75 Å². The molecule has 30 heavy (non-hydrogen) atoms. The van der Waals surface area contributed by atoms with Crippen LogP contribution in [-0.4, -0.2) is 57.2 Å². The molecule has 1 aliphatic rings. The van der Waals surface area contributed by atoms with E-state index in [1.54, 1.807) is 24.3 Å². The van der Waals surface area contributed by atoms with Gasteiger partial charge in [-0.05, 0) is 68.8 Å². The number of β-amino-alcohol motifs (C(OH)–C–C–N with tert-alkyl or cyclic N) is 1. The number of nitrogens with zero attached hydrogens (tertiary/aromatic N) is 2. The summed E-state index contributed by atoms with van der Waals surface area (Å²) in [5.74, 6) is 0.957. The fourth-order valence-corrected chi connectivity index (χ4v) is 4.61. The number of likely N-dealkylation sites (tertiary alicyclic amines) is 1. The van der Waals surface area contributed by atoms with Gasteiger partial charge in [-0.25, -0.2) is 4.21 Å². The molecule has 0 amide bonds. The van der Waals surface area contributed by atoms with E-state index >= 15 is 0 Å². The molecule has 3 unspecified atom stereocenters. The highest BCUT2D eigenvalue weighted by molar-refractivity contribution is 7.80. The average Bonchev–Trinajstić information content (AvgIpc) is 3.00. The lowest BCUT2D eigenvalue weighted by Gasteiger charge is -2.37. The Morgan fingerprint density at radius 3 is 2.63 bits per heavy atom. The van der Waals surface area contributed by atoms with Gasteiger partial charge in [-0.15, -0.1) is 0 Å². The minimum absolute atomic E-state index is 0.0994. The molecular formula is C22H29ClN2O4S. The van der Waals surface area contributed by atoms with Crippen molar-refractivity contribution in [3.05, 3.63) is 59.1 Å². The van der Waals surface area contributed by atoms with Crippen molar-refractivity contribution in [1.82, 2.24) is 4.90 Å². The van der Waals surface area contributed by atoms with Crippen molar-refractivity contribution in [3.63, 3.8) is 0 Å². The highest BCUT2D eigenvalue weighted by atomic mass is 35.5. The van der Waals surface area contributed by atoms with E-state index in [2.05, 4.69) is 24.8 Å². The quantitative estimate of drug-likeness (QED) is 0.594. The first-order valence-corrected chi connectivity index (χ1v) is 11.4. The van der Waals surface area contributed by atoms with Crippen molar-refractivity contribution in [3.8, 4) is 5.75 Å². The van der Waals surface area contributed by atoms with Gasteiger partial charge in [0.2, 0.25) is 0 Å². The third-order valence-corrected chi connectivity index (χ3v) is 6.83. The maximum atomic E-state index is 11.1. The van der Waals surface area contributed by atoms with Crippen LogP contribution in [0, 0.1) is 0 Å². The van der Waals surface area contributed by atoms with Gasteiger partial charge in [-0.3, -0.25) is 13.8 Å². The molecule has 1 heterocycles. The van der Waals surface area contributed by atoms with E-state index in [0.717, 1.165) is 18.0 Å². The van der Waals surface area contributed by atoms with Crippen LogP contribution < -0.4 is 9.04 Å². The minimum atomic E-state index is -2.07. The van der Waals surface area contributed by atoms with Gasteiger partial charge in [0.15, 0.2) is 0 Å². The van der Waals surface area contributed by atoms with Crippen LogP contribution in [0.1, 0.15) is 31.7 Å². The van der Waals surface area contributed by atoms with E-state index in [0.29, 0.717) is 23.9 Å². The summed E-state index contributed by atoms with van der Waals surface area (Å²) in [6.07, 6.45) is 0.386. The summed E-state index contributed by atoms with van der Waals surface area (Å²) in [5, 5.41) is 11.3. The molecule has 6 nitrogen and oxygen atoms in total. The molecule has 0 saturated carbocycles. The Morgan fingerprint density at radius 2 is 2.00 bits per heavy atom. The fraction of sp³-hybridized carbons (Fsp3) is 0.455. The summed E-state index contributed by atoms with van der Waals surface area (Å²) in [4.78, 5) is 2.31. The molecule has 0 aliphatic carbocycles. The Balaban J connectivity index is 1.55. The van der Waals surface area contributed by atoms with Gasteiger partial charge in [0.25, 0.3) is 11.3 Å². The van der Waals surface area contributed by atoms with Crippen molar-refractivity contribution < 1.29 is 18.6 Å². The Labute approximate surface area is 185 Å². The van der Waals surface area contributed by atoms with Gasteiger partial charge in [-0.1, -0.05) is 23.7 Å². The lowest BCUT2D eigenvalue weighted by molar-refractivity contribution is 0.0433. The predicted molar refractivity (Wildman–Crippen MR) is 122 cm³/mol. The molecule has 0 aromatic heterocycles. The topological polar surface area (TPSA) is 73.2 Å². The first kappa shape index (κ1) is 23.0. The molecule has 164 valence electrons. The number of rotatable bonds is 8. The van der Waals surface area contributed by atoms with E-state index in [4.69, 9.17) is 20.9 Å². The van der Waals surface area contributed by atoms with Crippen LogP contribution in [0.4, 0.5) is 5.69 Å². The molecule has 2 aromatic rings. The van der Waals surface area contributed by atoms with Crippen LogP contribution in [0.3, 0.4) is 0 Å². The normalized spacial score (nSPS) is 20.7. The van der Waals surface area contributed by atoms with E-state index in [9.17, 15) is 9.32 Å². The smallest absolute Gasteiger partial charge is 0.261 e. The molecule has 2 aromatic carbocycles. The van der Waals surface area contributed by atoms with Gasteiger partial charge in [0.1, 0.15) is 18.5 Å². The SMILES string of the molecule is CN(c1ccc(OCC(O)CN2CCC(c3cccc(Cl)c3)C2(C)C)cc1)S(=O)O. The van der Waals surface area contributed by atoms with Gasteiger partial charge in [-0.2, -0.15) is 0 Å². The highest BCUT2D eigenvalue weighted by Crippen LogP contribution is 2.42. The second kappa shape index (κ2) is 9.66. The highest BCUT2D eigenvalue weighted by Gasteiger charge is 2.42. The third-order valence-electron chi connectivity index (χ3n) is 5.91. The monoisotopic (exact) mass is 452 g/mol. The zero-order valence-electron chi connectivity index (χ0n) is 17.5. The summed E-state index contributed by atoms with van der Waals surface area (Å²) in [6.45, 7) is 6.02. The number of hydrogen-bond donors (Lipinski definition) is 2. The largest absolute Gasteiger partial charge is 0.491 e. The number of halogens is 1. The summed E-state index contributed by atoms with van der Waals surface area (Å²) in [6, 6.07) is 14.9. The second-order valence-corrected chi connectivity index (χ2v) is 9.63. The van der Waals surface area contributed by atoms with Crippen molar-refractivity contribution in [2.45, 2.75) is 37.8 Å². The van der Waals surface area contributed by atoms with Crippen LogP contribution in [0.25, 0.3) is 0 Å². The molecule has 3 atom stereocenters. The summed E-state index contributed by atoms with van der Waals surface area (Å²) >= 11 is 4.11. The minimum Gasteiger partial charge on any atom is -0.491 e. The molecule has 0 bridgehead atoms. The predicted octanol–water partition coefficient (Wildman–Crippen LogP) is 3.92. The Hall–Kier alpha value is -1.64. The Bertz CT molecular complexity index is 878. The summed E-state index contributed by atoms with van der Waals surface area (Å²) in [5.41, 5.74) is 1.74. The number of hydrogen-bond acceptors (Lipinski definition) is 4. The van der Waals surface area contributed by atoms with Gasteiger partial charge >= 0.3 is 0 Å². The van der Waals surface area contributed by atoms with Crippen molar-refractivity contribution in [1.29, 1.82) is 0 Å². The fourth-order valence-electron chi connectivity index (χ4n) is 4.11. The van der Waals surface area contributed by atoms with Crippen molar-refractivity contribution in [2.75, 3.05) is 31.0 Å². The molecule has 2 N–H and O–H groups in total. The van der Waals surface area contributed by atoms with Gasteiger partial charge < -0.3 is 9.84 Å². The van der Waals surface area contributed by atoms with Gasteiger partial charge in [0.05, 0.1) is 5.69 Å².